The monoisotopic (exact) mass is 759 g/mol. The van der Waals surface area contributed by atoms with E-state index in [1.54, 1.807) is 4.90 Å². The number of aliphatic hydroxyl groups is 2. The quantitative estimate of drug-likeness (QED) is 0.296. The molecule has 14 atom stereocenters. The first kappa shape index (κ1) is 39.8. The number of hydrogen-bond acceptors (Lipinski definition) is 9. The minimum absolute atomic E-state index is 0.00571. The average Bonchev–Trinajstić information content (AvgIpc) is 3.68. The van der Waals surface area contributed by atoms with Crippen molar-refractivity contribution in [1.29, 1.82) is 0 Å². The summed E-state index contributed by atoms with van der Waals surface area (Å²) in [5.74, 6) is 1.72. The minimum Gasteiger partial charge on any atom is -0.444 e. The molecule has 3 heterocycles. The van der Waals surface area contributed by atoms with Gasteiger partial charge in [-0.3, -0.25) is 4.90 Å². The normalized spacial score (nSPS) is 48.0. The maximum absolute atomic E-state index is 12.7. The topological polar surface area (TPSA) is 110 Å². The Morgan fingerprint density at radius 3 is 2.31 bits per heavy atom. The molecule has 0 bridgehead atoms. The second kappa shape index (κ2) is 13.0. The first-order valence-electron chi connectivity index (χ1n) is 21.8. The number of ether oxygens (including phenoxy) is 5. The molecular weight excluding hydrogens is 684 g/mol. The van der Waals surface area contributed by atoms with Crippen LogP contribution in [0.4, 0.5) is 4.79 Å². The largest absolute Gasteiger partial charge is 0.444 e. The number of carbonyl (C=O) groups is 1. The van der Waals surface area contributed by atoms with Crippen LogP contribution < -0.4 is 0 Å². The molecule has 0 radical (unpaired) electrons. The van der Waals surface area contributed by atoms with Crippen molar-refractivity contribution in [2.24, 2.45) is 50.7 Å². The van der Waals surface area contributed by atoms with Gasteiger partial charge in [-0.25, -0.2) is 4.79 Å². The fourth-order valence-corrected chi connectivity index (χ4v) is 15.1. The standard InChI is InChI=1S/C44H74N2O8/c1-12-50-36(40(8,9)49)28-21-26(2)33-34(52-28)35(47)42(11)30-14-13-29-39(6,7)31(15-16-43(29)25-44(30,43)18-17-41(33,42)10)53-32-24-45(19-20-51-32)27-22-46(23-27)37(48)54-38(3,4)5/h26-36,47,49H,12-25H2,1-11H3/t26-,28+,29+,30?,31?,32+,33+,34?,35+,36?,41?,42-,43?,44?/m1/s1. The number of likely N-dealkylation sites (tertiary alicyclic amines) is 1. The molecule has 8 rings (SSSR count). The van der Waals surface area contributed by atoms with Crippen molar-refractivity contribution in [1.82, 2.24) is 9.80 Å². The third-order valence-corrected chi connectivity index (χ3v) is 17.6. The van der Waals surface area contributed by atoms with E-state index >= 15 is 0 Å². The Labute approximate surface area is 325 Å². The Morgan fingerprint density at radius 2 is 1.65 bits per heavy atom. The van der Waals surface area contributed by atoms with Crippen molar-refractivity contribution in [3.05, 3.63) is 0 Å². The summed E-state index contributed by atoms with van der Waals surface area (Å²) in [4.78, 5) is 16.8. The second-order valence-corrected chi connectivity index (χ2v) is 22.0. The molecule has 2 N–H and O–H groups in total. The summed E-state index contributed by atoms with van der Waals surface area (Å²) in [5, 5.41) is 23.8. The molecule has 0 aromatic heterocycles. The van der Waals surface area contributed by atoms with Crippen LogP contribution in [0.3, 0.4) is 0 Å². The summed E-state index contributed by atoms with van der Waals surface area (Å²) in [6, 6.07) is 0.316. The fourth-order valence-electron chi connectivity index (χ4n) is 15.1. The summed E-state index contributed by atoms with van der Waals surface area (Å²) < 4.78 is 32.0. The predicted octanol–water partition coefficient (Wildman–Crippen LogP) is 6.64. The van der Waals surface area contributed by atoms with Crippen LogP contribution >= 0.6 is 0 Å². The van der Waals surface area contributed by atoms with Crippen molar-refractivity contribution in [3.8, 4) is 0 Å². The first-order chi connectivity index (χ1) is 25.1. The third kappa shape index (κ3) is 5.74. The maximum atomic E-state index is 12.7. The number of hydrogen-bond donors (Lipinski definition) is 2. The van der Waals surface area contributed by atoms with Gasteiger partial charge >= 0.3 is 6.09 Å². The molecule has 3 aliphatic heterocycles. The molecule has 0 aromatic carbocycles. The van der Waals surface area contributed by atoms with Crippen molar-refractivity contribution < 1.29 is 38.7 Å². The lowest BCUT2D eigenvalue weighted by atomic mass is 9.41. The molecule has 54 heavy (non-hydrogen) atoms. The van der Waals surface area contributed by atoms with E-state index in [1.165, 1.54) is 25.7 Å². The second-order valence-electron chi connectivity index (χ2n) is 22.0. The molecule has 2 spiro atoms. The van der Waals surface area contributed by atoms with Gasteiger partial charge in [0, 0.05) is 37.7 Å². The van der Waals surface area contributed by atoms with E-state index in [2.05, 4.69) is 39.5 Å². The van der Waals surface area contributed by atoms with E-state index in [1.807, 2.05) is 41.5 Å². The van der Waals surface area contributed by atoms with Crippen molar-refractivity contribution >= 4 is 6.09 Å². The van der Waals surface area contributed by atoms with Crippen LogP contribution in [-0.4, -0.2) is 120 Å². The molecule has 0 aromatic rings. The molecule has 5 aliphatic carbocycles. The van der Waals surface area contributed by atoms with E-state index in [0.29, 0.717) is 61.4 Å². The number of nitrogens with zero attached hydrogens (tertiary/aromatic N) is 2. The highest BCUT2D eigenvalue weighted by atomic mass is 16.7. The van der Waals surface area contributed by atoms with Crippen molar-refractivity contribution in [2.45, 2.75) is 182 Å². The van der Waals surface area contributed by atoms with E-state index in [0.717, 1.165) is 38.8 Å². The van der Waals surface area contributed by atoms with Crippen LogP contribution in [0.15, 0.2) is 0 Å². The SMILES string of the molecule is CCOC([C@@H]1C[C@@H](C)[C@H]2C(O1)[C@H](O)[C@@]1(C)C3CC[C@H]4C(C)(C)C(O[C@H]5CN(C6CN(C(=O)OC(C)(C)C)C6)CCO5)CCC45CC35CCC21C)C(C)(C)O. The molecule has 5 saturated carbocycles. The summed E-state index contributed by atoms with van der Waals surface area (Å²) in [6.07, 6.45) is 7.31. The van der Waals surface area contributed by atoms with Gasteiger partial charge in [0.2, 0.25) is 0 Å². The predicted molar refractivity (Wildman–Crippen MR) is 206 cm³/mol. The van der Waals surface area contributed by atoms with E-state index in [9.17, 15) is 15.0 Å². The van der Waals surface area contributed by atoms with Crippen LogP contribution in [0.25, 0.3) is 0 Å². The zero-order valence-corrected chi connectivity index (χ0v) is 35.5. The zero-order valence-electron chi connectivity index (χ0n) is 35.5. The summed E-state index contributed by atoms with van der Waals surface area (Å²) in [5.41, 5.74) is -1.15. The molecule has 8 aliphatic rings. The Bertz CT molecular complexity index is 1440. The molecule has 7 unspecified atom stereocenters. The van der Waals surface area contributed by atoms with Gasteiger partial charge in [-0.1, -0.05) is 34.6 Å². The van der Waals surface area contributed by atoms with Crippen LogP contribution in [0, 0.1) is 50.7 Å². The van der Waals surface area contributed by atoms with Crippen LogP contribution in [-0.2, 0) is 23.7 Å². The molecule has 8 fully saturated rings. The third-order valence-electron chi connectivity index (χ3n) is 17.6. The molecule has 10 heteroatoms. The molecule has 10 nitrogen and oxygen atoms in total. The van der Waals surface area contributed by atoms with Gasteiger partial charge in [0.25, 0.3) is 0 Å². The average molecular weight is 759 g/mol. The Kier molecular flexibility index (Phi) is 9.58. The molecule has 3 saturated heterocycles. The lowest BCUT2D eigenvalue weighted by Crippen LogP contribution is -2.64. The smallest absolute Gasteiger partial charge is 0.410 e. The summed E-state index contributed by atoms with van der Waals surface area (Å²) >= 11 is 0. The lowest BCUT2D eigenvalue weighted by Gasteiger charge is -2.64. The van der Waals surface area contributed by atoms with Gasteiger partial charge in [-0.2, -0.15) is 0 Å². The van der Waals surface area contributed by atoms with Crippen LogP contribution in [0.1, 0.15) is 128 Å². The van der Waals surface area contributed by atoms with Crippen LogP contribution in [0.2, 0.25) is 0 Å². The maximum Gasteiger partial charge on any atom is 0.410 e. The van der Waals surface area contributed by atoms with Gasteiger partial charge in [-0.05, 0) is 138 Å². The Hall–Kier alpha value is -1.01. The van der Waals surface area contributed by atoms with Gasteiger partial charge in [0.05, 0.1) is 43.2 Å². The molecule has 1 amide bonds. The Balaban J connectivity index is 0.950. The van der Waals surface area contributed by atoms with Gasteiger partial charge in [0.15, 0.2) is 6.29 Å². The minimum atomic E-state index is -1.03. The molecular formula is C44H74N2O8. The molecule has 308 valence electrons. The van der Waals surface area contributed by atoms with Crippen LogP contribution in [0.5, 0.6) is 0 Å². The van der Waals surface area contributed by atoms with Crippen molar-refractivity contribution in [3.63, 3.8) is 0 Å². The van der Waals surface area contributed by atoms with E-state index < -0.39 is 23.4 Å². The fraction of sp³-hybridized carbons (Fsp3) is 0.977. The number of rotatable bonds is 7. The number of fused-ring (bicyclic) bond motifs is 4. The highest BCUT2D eigenvalue weighted by Crippen LogP contribution is 2.89. The van der Waals surface area contributed by atoms with E-state index in [4.69, 9.17) is 23.7 Å². The first-order valence-corrected chi connectivity index (χ1v) is 21.8. The zero-order chi connectivity index (χ0) is 39.0. The number of amides is 1. The Morgan fingerprint density at radius 1 is 0.963 bits per heavy atom. The van der Waals surface area contributed by atoms with Gasteiger partial charge in [-0.15, -0.1) is 0 Å². The van der Waals surface area contributed by atoms with Gasteiger partial charge < -0.3 is 38.8 Å². The number of carbonyl (C=O) groups excluding carboxylic acids is 1. The number of morpholine rings is 1. The lowest BCUT2D eigenvalue weighted by molar-refractivity contribution is -0.253. The number of aliphatic hydroxyl groups excluding tert-OH is 1. The van der Waals surface area contributed by atoms with Crippen molar-refractivity contribution in [2.75, 3.05) is 39.4 Å². The van der Waals surface area contributed by atoms with E-state index in [-0.39, 0.29) is 52.4 Å². The highest BCUT2D eigenvalue weighted by Gasteiger charge is 2.84. The summed E-state index contributed by atoms with van der Waals surface area (Å²) in [7, 11) is 0. The van der Waals surface area contributed by atoms with Gasteiger partial charge in [0.1, 0.15) is 11.7 Å². The highest BCUT2D eigenvalue weighted by molar-refractivity contribution is 5.69. The summed E-state index contributed by atoms with van der Waals surface area (Å²) in [6.45, 7) is 27.8.